The van der Waals surface area contributed by atoms with Gasteiger partial charge >= 0.3 is 12.1 Å². The number of hydrogen-bond acceptors (Lipinski definition) is 4. The van der Waals surface area contributed by atoms with Gasteiger partial charge in [0.15, 0.2) is 5.69 Å². The van der Waals surface area contributed by atoms with Crippen LogP contribution in [0.15, 0.2) is 30.3 Å². The van der Waals surface area contributed by atoms with E-state index in [2.05, 4.69) is 10.4 Å². The second-order valence-electron chi connectivity index (χ2n) is 10.1. The summed E-state index contributed by atoms with van der Waals surface area (Å²) >= 11 is 0. The number of piperidine rings is 1. The zero-order valence-corrected chi connectivity index (χ0v) is 20.8. The fraction of sp³-hybridized carbons (Fsp3) is 0.577. The SMILES string of the molecule is O=C(O)CC(CCN1CC(F)CC(F)C1)NC(=O)c1cc(-c2ccccc2C(F)(F)F)n(C2CCCC2)n1. The average molecular weight is 543 g/mol. The standard InChI is InChI=1S/C26H31F5N4O3/c27-16-11-17(28)15-34(14-16)10-9-18(12-24(36)37)32-25(38)22-13-23(35(33-22)19-5-1-2-6-19)20-7-3-4-8-21(20)26(29,30)31/h3-4,7-8,13,16-19H,1-2,5-6,9-12,14-15H2,(H,32,38)(H,36,37). The molecule has 3 unspecified atom stereocenters. The van der Waals surface area contributed by atoms with Crippen molar-refractivity contribution in [1.29, 1.82) is 0 Å². The van der Waals surface area contributed by atoms with Crippen LogP contribution in [0.3, 0.4) is 0 Å². The minimum Gasteiger partial charge on any atom is -0.481 e. The van der Waals surface area contributed by atoms with Crippen molar-refractivity contribution in [2.45, 2.75) is 75.5 Å². The van der Waals surface area contributed by atoms with Gasteiger partial charge in [-0.3, -0.25) is 19.2 Å². The molecule has 0 spiro atoms. The van der Waals surface area contributed by atoms with Crippen LogP contribution in [0.25, 0.3) is 11.3 Å². The van der Waals surface area contributed by atoms with Crippen molar-refractivity contribution in [2.75, 3.05) is 19.6 Å². The second-order valence-corrected chi connectivity index (χ2v) is 10.1. The number of nitrogens with zero attached hydrogens (tertiary/aromatic N) is 3. The summed E-state index contributed by atoms with van der Waals surface area (Å²) in [4.78, 5) is 26.1. The van der Waals surface area contributed by atoms with Gasteiger partial charge in [0.1, 0.15) is 12.3 Å². The lowest BCUT2D eigenvalue weighted by atomic mass is 10.0. The first-order valence-electron chi connectivity index (χ1n) is 12.8. The summed E-state index contributed by atoms with van der Waals surface area (Å²) in [5, 5.41) is 16.3. The summed E-state index contributed by atoms with van der Waals surface area (Å²) in [7, 11) is 0. The van der Waals surface area contributed by atoms with Crippen LogP contribution >= 0.6 is 0 Å². The fourth-order valence-corrected chi connectivity index (χ4v) is 5.37. The van der Waals surface area contributed by atoms with Gasteiger partial charge in [-0.2, -0.15) is 18.3 Å². The molecule has 38 heavy (non-hydrogen) atoms. The Morgan fingerprint density at radius 3 is 2.39 bits per heavy atom. The summed E-state index contributed by atoms with van der Waals surface area (Å²) in [6, 6.07) is 5.39. The van der Waals surface area contributed by atoms with E-state index in [1.54, 1.807) is 4.90 Å². The number of carbonyl (C=O) groups is 2. The molecule has 2 aromatic rings. The number of aromatic nitrogens is 2. The highest BCUT2D eigenvalue weighted by molar-refractivity contribution is 5.94. The maximum atomic E-state index is 13.8. The Kier molecular flexibility index (Phi) is 8.69. The van der Waals surface area contributed by atoms with Crippen molar-refractivity contribution in [3.63, 3.8) is 0 Å². The van der Waals surface area contributed by atoms with E-state index in [-0.39, 0.29) is 55.5 Å². The number of carboxylic acids is 1. The first-order chi connectivity index (χ1) is 18.0. The Labute approximate surface area is 217 Å². The summed E-state index contributed by atoms with van der Waals surface area (Å²) in [6.07, 6.45) is -4.50. The number of alkyl halides is 5. The molecule has 1 amide bonds. The third-order valence-corrected chi connectivity index (χ3v) is 7.12. The quantitative estimate of drug-likeness (QED) is 0.434. The van der Waals surface area contributed by atoms with Crippen LogP contribution in [0.1, 0.15) is 67.0 Å². The maximum Gasteiger partial charge on any atom is 0.417 e. The second kappa shape index (κ2) is 11.8. The molecule has 12 heteroatoms. The molecular formula is C26H31F5N4O3. The molecule has 2 fully saturated rings. The molecule has 2 N–H and O–H groups in total. The lowest BCUT2D eigenvalue weighted by Gasteiger charge is -2.32. The van der Waals surface area contributed by atoms with E-state index in [1.807, 2.05) is 0 Å². The largest absolute Gasteiger partial charge is 0.481 e. The van der Waals surface area contributed by atoms with E-state index in [9.17, 15) is 36.6 Å². The van der Waals surface area contributed by atoms with Gasteiger partial charge in [-0.25, -0.2) is 8.78 Å². The molecular weight excluding hydrogens is 511 g/mol. The number of carbonyl (C=O) groups excluding carboxylic acids is 1. The first-order valence-corrected chi connectivity index (χ1v) is 12.8. The lowest BCUT2D eigenvalue weighted by Crippen LogP contribution is -2.45. The molecule has 1 aromatic carbocycles. The third-order valence-electron chi connectivity index (χ3n) is 7.12. The molecule has 4 rings (SSSR count). The van der Waals surface area contributed by atoms with Gasteiger partial charge in [-0.05, 0) is 31.4 Å². The topological polar surface area (TPSA) is 87.5 Å². The number of aliphatic carboxylic acids is 1. The predicted molar refractivity (Wildman–Crippen MR) is 129 cm³/mol. The molecule has 2 heterocycles. The monoisotopic (exact) mass is 542 g/mol. The lowest BCUT2D eigenvalue weighted by molar-refractivity contribution is -0.138. The molecule has 1 saturated carbocycles. The van der Waals surface area contributed by atoms with Gasteiger partial charge < -0.3 is 10.4 Å². The van der Waals surface area contributed by atoms with Gasteiger partial charge in [0.25, 0.3) is 5.91 Å². The van der Waals surface area contributed by atoms with Crippen molar-refractivity contribution in [3.8, 4) is 11.3 Å². The number of nitrogens with one attached hydrogen (secondary N) is 1. The van der Waals surface area contributed by atoms with Crippen LogP contribution in [-0.4, -0.2) is 69.7 Å². The van der Waals surface area contributed by atoms with E-state index in [4.69, 9.17) is 0 Å². The van der Waals surface area contributed by atoms with Gasteiger partial charge in [0, 0.05) is 37.7 Å². The molecule has 2 aliphatic rings. The van der Waals surface area contributed by atoms with Crippen LogP contribution < -0.4 is 5.32 Å². The maximum absolute atomic E-state index is 13.8. The molecule has 7 nitrogen and oxygen atoms in total. The minimum atomic E-state index is -4.61. The van der Waals surface area contributed by atoms with E-state index in [1.165, 1.54) is 28.9 Å². The number of benzene rings is 1. The predicted octanol–water partition coefficient (Wildman–Crippen LogP) is 5.03. The van der Waals surface area contributed by atoms with Crippen LogP contribution in [-0.2, 0) is 11.0 Å². The molecule has 1 saturated heterocycles. The van der Waals surface area contributed by atoms with Crippen molar-refractivity contribution in [1.82, 2.24) is 20.0 Å². The Morgan fingerprint density at radius 2 is 1.76 bits per heavy atom. The van der Waals surface area contributed by atoms with Crippen LogP contribution in [0.2, 0.25) is 0 Å². The molecule has 3 atom stereocenters. The highest BCUT2D eigenvalue weighted by Gasteiger charge is 2.35. The van der Waals surface area contributed by atoms with Crippen molar-refractivity contribution in [3.05, 3.63) is 41.6 Å². The van der Waals surface area contributed by atoms with Crippen molar-refractivity contribution in [2.24, 2.45) is 0 Å². The van der Waals surface area contributed by atoms with Gasteiger partial charge in [-0.15, -0.1) is 0 Å². The molecule has 208 valence electrons. The summed E-state index contributed by atoms with van der Waals surface area (Å²) in [5.41, 5.74) is -0.883. The number of halogens is 5. The van der Waals surface area contributed by atoms with Crippen molar-refractivity contribution < 1.29 is 36.6 Å². The smallest absolute Gasteiger partial charge is 0.417 e. The number of amides is 1. The molecule has 1 aliphatic carbocycles. The zero-order chi connectivity index (χ0) is 27.4. The van der Waals surface area contributed by atoms with E-state index >= 15 is 0 Å². The minimum absolute atomic E-state index is 0.0297. The Bertz CT molecular complexity index is 1120. The van der Waals surface area contributed by atoms with Gasteiger partial charge in [0.05, 0.1) is 23.7 Å². The van der Waals surface area contributed by atoms with Crippen LogP contribution in [0.4, 0.5) is 22.0 Å². The van der Waals surface area contributed by atoms with E-state index < -0.39 is 48.4 Å². The van der Waals surface area contributed by atoms with E-state index in [0.29, 0.717) is 12.8 Å². The Balaban J connectivity index is 1.57. The summed E-state index contributed by atoms with van der Waals surface area (Å²) in [5.74, 6) is -1.89. The molecule has 1 aromatic heterocycles. The van der Waals surface area contributed by atoms with Crippen molar-refractivity contribution >= 4 is 11.9 Å². The number of hydrogen-bond donors (Lipinski definition) is 2. The molecule has 0 radical (unpaired) electrons. The highest BCUT2D eigenvalue weighted by Crippen LogP contribution is 2.40. The summed E-state index contributed by atoms with van der Waals surface area (Å²) < 4.78 is 70.3. The molecule has 0 bridgehead atoms. The third kappa shape index (κ3) is 6.89. The summed E-state index contributed by atoms with van der Waals surface area (Å²) in [6.45, 7) is 0.240. The highest BCUT2D eigenvalue weighted by atomic mass is 19.4. The Morgan fingerprint density at radius 1 is 1.11 bits per heavy atom. The number of carboxylic acid groups (broad SMARTS) is 1. The number of likely N-dealkylation sites (tertiary alicyclic amines) is 1. The Hall–Kier alpha value is -3.02. The average Bonchev–Trinajstić information content (AvgIpc) is 3.51. The number of rotatable bonds is 9. The van der Waals surface area contributed by atoms with Crippen LogP contribution in [0.5, 0.6) is 0 Å². The fourth-order valence-electron chi connectivity index (χ4n) is 5.37. The normalized spacial score (nSPS) is 21.9. The van der Waals surface area contributed by atoms with Crippen LogP contribution in [0, 0.1) is 0 Å². The van der Waals surface area contributed by atoms with E-state index in [0.717, 1.165) is 18.9 Å². The zero-order valence-electron chi connectivity index (χ0n) is 20.8. The van der Waals surface area contributed by atoms with Gasteiger partial charge in [0.2, 0.25) is 0 Å². The first kappa shape index (κ1) is 28.0. The van der Waals surface area contributed by atoms with Gasteiger partial charge in [-0.1, -0.05) is 31.0 Å². The molecule has 1 aliphatic heterocycles.